The number of nitrogens with one attached hydrogen (secondary N) is 3. The zero-order chi connectivity index (χ0) is 17.6. The fourth-order valence-electron chi connectivity index (χ4n) is 1.81. The lowest BCUT2D eigenvalue weighted by molar-refractivity contribution is -0.122. The van der Waals surface area contributed by atoms with Crippen LogP contribution in [0.4, 0.5) is 5.69 Å². The monoisotopic (exact) mass is 316 g/mol. The molecule has 1 unspecified atom stereocenters. The molecule has 122 valence electrons. The van der Waals surface area contributed by atoms with Crippen molar-refractivity contribution in [1.82, 2.24) is 10.6 Å². The smallest absolute Gasteiger partial charge is 0.251 e. The van der Waals surface area contributed by atoms with Crippen molar-refractivity contribution < 1.29 is 14.4 Å². The molecule has 0 saturated carbocycles. The van der Waals surface area contributed by atoms with Gasteiger partial charge in [0.1, 0.15) is 5.41 Å². The minimum absolute atomic E-state index is 0.235. The Labute approximate surface area is 135 Å². The van der Waals surface area contributed by atoms with Crippen molar-refractivity contribution in [3.63, 3.8) is 0 Å². The van der Waals surface area contributed by atoms with E-state index >= 15 is 0 Å². The molecule has 0 radical (unpaired) electrons. The maximum absolute atomic E-state index is 12.3. The Kier molecular flexibility index (Phi) is 5.85. The first-order valence-corrected chi connectivity index (χ1v) is 7.13. The molecule has 3 N–H and O–H groups in total. The first kappa shape index (κ1) is 18.2. The Morgan fingerprint density at radius 1 is 1.09 bits per heavy atom. The number of nitriles is 1. The summed E-state index contributed by atoms with van der Waals surface area (Å²) in [5.74, 6) is -1.26. The Balaban J connectivity index is 3.25. The normalized spacial score (nSPS) is 12.5. The Morgan fingerprint density at radius 2 is 1.57 bits per heavy atom. The van der Waals surface area contributed by atoms with E-state index in [2.05, 4.69) is 16.0 Å². The molecule has 3 amide bonds. The first-order valence-electron chi connectivity index (χ1n) is 7.13. The van der Waals surface area contributed by atoms with Crippen molar-refractivity contribution in [3.05, 3.63) is 29.3 Å². The molecule has 0 bridgehead atoms. The van der Waals surface area contributed by atoms with Crippen molar-refractivity contribution in [2.45, 2.75) is 20.3 Å². The summed E-state index contributed by atoms with van der Waals surface area (Å²) in [6.07, 6.45) is 0.340. The molecule has 7 heteroatoms. The number of anilines is 1. The minimum Gasteiger partial charge on any atom is -0.355 e. The average Bonchev–Trinajstić information content (AvgIpc) is 2.58. The number of nitrogens with zero attached hydrogens (tertiary/aromatic N) is 1. The summed E-state index contributed by atoms with van der Waals surface area (Å²) in [6.45, 7) is 3.27. The van der Waals surface area contributed by atoms with Crippen molar-refractivity contribution in [2.75, 3.05) is 19.4 Å². The zero-order valence-corrected chi connectivity index (χ0v) is 13.6. The molecule has 0 saturated heterocycles. The highest BCUT2D eigenvalue weighted by Gasteiger charge is 2.31. The predicted molar refractivity (Wildman–Crippen MR) is 85.9 cm³/mol. The molecule has 1 atom stereocenters. The molecule has 0 aliphatic carbocycles. The van der Waals surface area contributed by atoms with Gasteiger partial charge in [0.25, 0.3) is 11.8 Å². The molecule has 0 aliphatic rings. The Hall–Kier alpha value is -2.88. The standard InChI is InChI=1S/C16H20N4O3/c1-5-16(2,9-17)15(23)20-12-7-10(13(21)18-3)6-11(8-12)14(22)19-4/h6-8H,5H2,1-4H3,(H,18,21)(H,19,22)(H,20,23). The summed E-state index contributed by atoms with van der Waals surface area (Å²) in [7, 11) is 2.94. The molecular formula is C16H20N4O3. The van der Waals surface area contributed by atoms with Crippen LogP contribution in [0.1, 0.15) is 41.0 Å². The van der Waals surface area contributed by atoms with Gasteiger partial charge in [-0.25, -0.2) is 0 Å². The van der Waals surface area contributed by atoms with E-state index in [-0.39, 0.29) is 28.6 Å². The highest BCUT2D eigenvalue weighted by Crippen LogP contribution is 2.23. The Morgan fingerprint density at radius 3 is 1.91 bits per heavy atom. The van der Waals surface area contributed by atoms with Gasteiger partial charge in [0, 0.05) is 30.9 Å². The van der Waals surface area contributed by atoms with Gasteiger partial charge in [0.15, 0.2) is 0 Å². The van der Waals surface area contributed by atoms with E-state index in [1.807, 2.05) is 6.07 Å². The quantitative estimate of drug-likeness (QED) is 0.760. The molecule has 1 rings (SSSR count). The lowest BCUT2D eigenvalue weighted by atomic mass is 9.88. The van der Waals surface area contributed by atoms with Crippen LogP contribution in [0.2, 0.25) is 0 Å². The third-order valence-corrected chi connectivity index (χ3v) is 3.62. The van der Waals surface area contributed by atoms with Crippen LogP contribution in [0.3, 0.4) is 0 Å². The molecule has 0 heterocycles. The third-order valence-electron chi connectivity index (χ3n) is 3.62. The van der Waals surface area contributed by atoms with Crippen LogP contribution in [0.15, 0.2) is 18.2 Å². The van der Waals surface area contributed by atoms with Gasteiger partial charge in [0.2, 0.25) is 5.91 Å². The largest absolute Gasteiger partial charge is 0.355 e. The van der Waals surface area contributed by atoms with Crippen LogP contribution in [-0.4, -0.2) is 31.8 Å². The first-order chi connectivity index (χ1) is 10.8. The van der Waals surface area contributed by atoms with Gasteiger partial charge >= 0.3 is 0 Å². The molecular weight excluding hydrogens is 296 g/mol. The van der Waals surface area contributed by atoms with Gasteiger partial charge in [-0.2, -0.15) is 5.26 Å². The summed E-state index contributed by atoms with van der Waals surface area (Å²) in [4.78, 5) is 35.9. The van der Waals surface area contributed by atoms with Crippen molar-refractivity contribution in [2.24, 2.45) is 5.41 Å². The molecule has 0 spiro atoms. The number of rotatable bonds is 5. The van der Waals surface area contributed by atoms with Gasteiger partial charge in [-0.15, -0.1) is 0 Å². The summed E-state index contributed by atoms with van der Waals surface area (Å²) in [6, 6.07) is 6.31. The second-order valence-electron chi connectivity index (χ2n) is 5.21. The molecule has 0 fully saturated rings. The summed E-state index contributed by atoms with van der Waals surface area (Å²) < 4.78 is 0. The summed E-state index contributed by atoms with van der Waals surface area (Å²) in [5.41, 5.74) is -0.432. The number of benzene rings is 1. The molecule has 7 nitrogen and oxygen atoms in total. The topological polar surface area (TPSA) is 111 Å². The average molecular weight is 316 g/mol. The van der Waals surface area contributed by atoms with E-state index in [0.29, 0.717) is 6.42 Å². The van der Waals surface area contributed by atoms with Gasteiger partial charge in [-0.1, -0.05) is 6.92 Å². The SMILES string of the molecule is CCC(C)(C#N)C(=O)Nc1cc(C(=O)NC)cc(C(=O)NC)c1. The molecule has 23 heavy (non-hydrogen) atoms. The van der Waals surface area contributed by atoms with Crippen LogP contribution in [-0.2, 0) is 4.79 Å². The Bertz CT molecular complexity index is 644. The maximum Gasteiger partial charge on any atom is 0.251 e. The number of carbonyl (C=O) groups excluding carboxylic acids is 3. The molecule has 0 aromatic heterocycles. The zero-order valence-electron chi connectivity index (χ0n) is 13.6. The lowest BCUT2D eigenvalue weighted by Gasteiger charge is -2.19. The van der Waals surface area contributed by atoms with E-state index < -0.39 is 11.3 Å². The minimum atomic E-state index is -1.18. The lowest BCUT2D eigenvalue weighted by Crippen LogP contribution is -2.32. The van der Waals surface area contributed by atoms with Crippen LogP contribution < -0.4 is 16.0 Å². The van der Waals surface area contributed by atoms with Crippen LogP contribution >= 0.6 is 0 Å². The second kappa shape index (κ2) is 7.40. The van der Waals surface area contributed by atoms with Crippen LogP contribution in [0, 0.1) is 16.7 Å². The van der Waals surface area contributed by atoms with Crippen molar-refractivity contribution in [3.8, 4) is 6.07 Å². The van der Waals surface area contributed by atoms with Crippen LogP contribution in [0.25, 0.3) is 0 Å². The second-order valence-corrected chi connectivity index (χ2v) is 5.21. The van der Waals surface area contributed by atoms with Crippen molar-refractivity contribution >= 4 is 23.4 Å². The third kappa shape index (κ3) is 4.07. The van der Waals surface area contributed by atoms with E-state index in [1.54, 1.807) is 6.92 Å². The summed E-state index contributed by atoms with van der Waals surface area (Å²) >= 11 is 0. The highest BCUT2D eigenvalue weighted by atomic mass is 16.2. The van der Waals surface area contributed by atoms with Gasteiger partial charge < -0.3 is 16.0 Å². The number of carbonyl (C=O) groups is 3. The van der Waals surface area contributed by atoms with Gasteiger partial charge in [-0.3, -0.25) is 14.4 Å². The summed E-state index contributed by atoms with van der Waals surface area (Å²) in [5, 5.41) is 16.7. The molecule has 1 aromatic rings. The predicted octanol–water partition coefficient (Wildman–Crippen LogP) is 1.28. The number of amides is 3. The van der Waals surface area contributed by atoms with E-state index in [1.165, 1.54) is 39.2 Å². The van der Waals surface area contributed by atoms with E-state index in [9.17, 15) is 14.4 Å². The van der Waals surface area contributed by atoms with E-state index in [0.717, 1.165) is 0 Å². The maximum atomic E-state index is 12.3. The molecule has 0 aliphatic heterocycles. The fraction of sp³-hybridized carbons (Fsp3) is 0.375. The highest BCUT2D eigenvalue weighted by molar-refractivity contribution is 6.03. The molecule has 1 aromatic carbocycles. The fourth-order valence-corrected chi connectivity index (χ4v) is 1.81. The number of hydrogen-bond acceptors (Lipinski definition) is 4. The van der Waals surface area contributed by atoms with Crippen molar-refractivity contribution in [1.29, 1.82) is 5.26 Å². The van der Waals surface area contributed by atoms with Gasteiger partial charge in [0.05, 0.1) is 6.07 Å². The van der Waals surface area contributed by atoms with Crippen LogP contribution in [0.5, 0.6) is 0 Å². The number of hydrogen-bond donors (Lipinski definition) is 3. The van der Waals surface area contributed by atoms with Gasteiger partial charge in [-0.05, 0) is 31.5 Å². The van der Waals surface area contributed by atoms with E-state index in [4.69, 9.17) is 5.26 Å².